The second-order valence-corrected chi connectivity index (χ2v) is 2.86. The minimum atomic E-state index is -0.239. The minimum absolute atomic E-state index is 0.0657. The van der Waals surface area contributed by atoms with E-state index in [0.29, 0.717) is 17.8 Å². The summed E-state index contributed by atoms with van der Waals surface area (Å²) in [6, 6.07) is 1.53. The molecular weight excluding hydrogens is 180 g/mol. The Morgan fingerprint density at radius 2 is 2.36 bits per heavy atom. The molecule has 1 aromatic heterocycles. The van der Waals surface area contributed by atoms with Crippen molar-refractivity contribution in [2.45, 2.75) is 6.92 Å². The van der Waals surface area contributed by atoms with Gasteiger partial charge in [-0.25, -0.2) is 0 Å². The van der Waals surface area contributed by atoms with Crippen LogP contribution >= 0.6 is 0 Å². The van der Waals surface area contributed by atoms with Gasteiger partial charge in [0, 0.05) is 18.3 Å². The Hall–Kier alpha value is -1.84. The Kier molecular flexibility index (Phi) is 3.23. The molecule has 1 amide bonds. The lowest BCUT2D eigenvalue weighted by Crippen LogP contribution is -2.23. The summed E-state index contributed by atoms with van der Waals surface area (Å²) in [5, 5.41) is 2.60. The molecule has 0 aromatic carbocycles. The summed E-state index contributed by atoms with van der Waals surface area (Å²) < 4.78 is 0. The largest absolute Gasteiger partial charge is 0.356 e. The van der Waals surface area contributed by atoms with Crippen molar-refractivity contribution in [3.8, 4) is 0 Å². The monoisotopic (exact) mass is 192 g/mol. The van der Waals surface area contributed by atoms with Gasteiger partial charge < -0.3 is 10.3 Å². The van der Waals surface area contributed by atoms with E-state index < -0.39 is 0 Å². The Labute approximate surface area is 82.0 Å². The molecule has 0 aliphatic heterocycles. The van der Waals surface area contributed by atoms with Crippen molar-refractivity contribution in [3.05, 3.63) is 36.2 Å². The zero-order valence-corrected chi connectivity index (χ0v) is 7.96. The van der Waals surface area contributed by atoms with Crippen LogP contribution in [0.2, 0.25) is 0 Å². The number of ketones is 1. The van der Waals surface area contributed by atoms with Crippen LogP contribution in [0.15, 0.2) is 24.9 Å². The summed E-state index contributed by atoms with van der Waals surface area (Å²) in [5.74, 6) is -0.304. The highest BCUT2D eigenvalue weighted by molar-refractivity contribution is 5.99. The number of aromatic amines is 1. The molecule has 0 bridgehead atoms. The van der Waals surface area contributed by atoms with E-state index in [1.807, 2.05) is 0 Å². The van der Waals surface area contributed by atoms with E-state index in [2.05, 4.69) is 16.9 Å². The molecule has 1 aromatic rings. The zero-order valence-electron chi connectivity index (χ0n) is 7.96. The number of amides is 1. The van der Waals surface area contributed by atoms with Crippen LogP contribution in [-0.2, 0) is 0 Å². The minimum Gasteiger partial charge on any atom is -0.356 e. The van der Waals surface area contributed by atoms with Crippen molar-refractivity contribution in [2.24, 2.45) is 0 Å². The average Bonchev–Trinajstić information content (AvgIpc) is 2.62. The maximum atomic E-state index is 11.3. The van der Waals surface area contributed by atoms with Crippen LogP contribution in [0.1, 0.15) is 27.8 Å². The Morgan fingerprint density at radius 3 is 2.86 bits per heavy atom. The number of carbonyl (C=O) groups is 2. The molecule has 0 aliphatic carbocycles. The molecule has 0 unspecified atom stereocenters. The standard InChI is InChI=1S/C10H12N2O2/c1-3-4-11-10(14)9-5-8(6-12-9)7(2)13/h3,5-6,12H,1,4H2,2H3,(H,11,14). The number of hydrogen-bond donors (Lipinski definition) is 2. The van der Waals surface area contributed by atoms with Gasteiger partial charge in [0.05, 0.1) is 0 Å². The Bertz CT molecular complexity index is 366. The molecule has 0 radical (unpaired) electrons. The Morgan fingerprint density at radius 1 is 1.64 bits per heavy atom. The molecule has 74 valence electrons. The van der Waals surface area contributed by atoms with Crippen LogP contribution in [0.4, 0.5) is 0 Å². The quantitative estimate of drug-likeness (QED) is 0.555. The number of aromatic nitrogens is 1. The van der Waals surface area contributed by atoms with Gasteiger partial charge in [-0.05, 0) is 13.0 Å². The van der Waals surface area contributed by atoms with Crippen molar-refractivity contribution in [3.63, 3.8) is 0 Å². The van der Waals surface area contributed by atoms with E-state index in [1.165, 1.54) is 19.2 Å². The van der Waals surface area contributed by atoms with E-state index in [1.54, 1.807) is 6.08 Å². The summed E-state index contributed by atoms with van der Waals surface area (Å²) in [7, 11) is 0. The molecular formula is C10H12N2O2. The lowest BCUT2D eigenvalue weighted by atomic mass is 10.2. The third-order valence-electron chi connectivity index (χ3n) is 1.74. The van der Waals surface area contributed by atoms with Crippen LogP contribution < -0.4 is 5.32 Å². The van der Waals surface area contributed by atoms with Crippen LogP contribution in [-0.4, -0.2) is 23.2 Å². The van der Waals surface area contributed by atoms with Crippen LogP contribution in [0.5, 0.6) is 0 Å². The van der Waals surface area contributed by atoms with E-state index in [-0.39, 0.29) is 11.7 Å². The predicted octanol–water partition coefficient (Wildman–Crippen LogP) is 1.13. The lowest BCUT2D eigenvalue weighted by molar-refractivity contribution is 0.0953. The van der Waals surface area contributed by atoms with E-state index in [9.17, 15) is 9.59 Å². The molecule has 4 nitrogen and oxygen atoms in total. The number of carbonyl (C=O) groups excluding carboxylic acids is 2. The Balaban J connectivity index is 2.71. The van der Waals surface area contributed by atoms with Crippen molar-refractivity contribution < 1.29 is 9.59 Å². The van der Waals surface area contributed by atoms with Crippen molar-refractivity contribution >= 4 is 11.7 Å². The number of H-pyrrole nitrogens is 1. The highest BCUT2D eigenvalue weighted by Gasteiger charge is 2.08. The second-order valence-electron chi connectivity index (χ2n) is 2.86. The summed E-state index contributed by atoms with van der Waals surface area (Å²) in [5.41, 5.74) is 0.894. The first-order valence-corrected chi connectivity index (χ1v) is 4.23. The molecule has 0 fully saturated rings. The highest BCUT2D eigenvalue weighted by Crippen LogP contribution is 2.03. The summed E-state index contributed by atoms with van der Waals surface area (Å²) in [6.07, 6.45) is 3.11. The van der Waals surface area contributed by atoms with Crippen molar-refractivity contribution in [1.29, 1.82) is 0 Å². The predicted molar refractivity (Wildman–Crippen MR) is 53.3 cm³/mol. The fourth-order valence-corrected chi connectivity index (χ4v) is 0.989. The molecule has 0 atom stereocenters. The van der Waals surface area contributed by atoms with E-state index >= 15 is 0 Å². The van der Waals surface area contributed by atoms with Gasteiger partial charge in [-0.2, -0.15) is 0 Å². The fraction of sp³-hybridized carbons (Fsp3) is 0.200. The molecule has 0 saturated heterocycles. The smallest absolute Gasteiger partial charge is 0.267 e. The maximum Gasteiger partial charge on any atom is 0.267 e. The lowest BCUT2D eigenvalue weighted by Gasteiger charge is -1.97. The topological polar surface area (TPSA) is 62.0 Å². The average molecular weight is 192 g/mol. The number of Topliss-reactive ketones (excluding diaryl/α,β-unsaturated/α-hetero) is 1. The first-order valence-electron chi connectivity index (χ1n) is 4.23. The van der Waals surface area contributed by atoms with Crippen LogP contribution in [0, 0.1) is 0 Å². The van der Waals surface area contributed by atoms with Gasteiger partial charge in [-0.1, -0.05) is 6.08 Å². The number of nitrogens with one attached hydrogen (secondary N) is 2. The SMILES string of the molecule is C=CCNC(=O)c1cc(C(C)=O)c[nH]1. The van der Waals surface area contributed by atoms with E-state index in [0.717, 1.165) is 0 Å². The van der Waals surface area contributed by atoms with Gasteiger partial charge in [-0.3, -0.25) is 9.59 Å². The van der Waals surface area contributed by atoms with Gasteiger partial charge in [-0.15, -0.1) is 6.58 Å². The molecule has 14 heavy (non-hydrogen) atoms. The number of hydrogen-bond acceptors (Lipinski definition) is 2. The summed E-state index contributed by atoms with van der Waals surface area (Å²) in [4.78, 5) is 25.0. The zero-order chi connectivity index (χ0) is 10.6. The second kappa shape index (κ2) is 4.41. The first kappa shape index (κ1) is 10.2. The first-order chi connectivity index (χ1) is 6.65. The summed E-state index contributed by atoms with van der Waals surface area (Å²) in [6.45, 7) is 5.34. The third-order valence-corrected chi connectivity index (χ3v) is 1.74. The molecule has 0 spiro atoms. The van der Waals surface area contributed by atoms with Crippen LogP contribution in [0.3, 0.4) is 0 Å². The van der Waals surface area contributed by atoms with Crippen LogP contribution in [0.25, 0.3) is 0 Å². The number of rotatable bonds is 4. The molecule has 4 heteroatoms. The van der Waals surface area contributed by atoms with Gasteiger partial charge in [0.25, 0.3) is 5.91 Å². The van der Waals surface area contributed by atoms with Crippen molar-refractivity contribution in [2.75, 3.05) is 6.54 Å². The molecule has 2 N–H and O–H groups in total. The highest BCUT2D eigenvalue weighted by atomic mass is 16.2. The normalized spacial score (nSPS) is 9.50. The summed E-state index contributed by atoms with van der Waals surface area (Å²) >= 11 is 0. The molecule has 1 heterocycles. The van der Waals surface area contributed by atoms with E-state index in [4.69, 9.17) is 0 Å². The van der Waals surface area contributed by atoms with Gasteiger partial charge >= 0.3 is 0 Å². The van der Waals surface area contributed by atoms with Gasteiger partial charge in [0.1, 0.15) is 5.69 Å². The van der Waals surface area contributed by atoms with Gasteiger partial charge in [0.15, 0.2) is 5.78 Å². The van der Waals surface area contributed by atoms with Crippen molar-refractivity contribution in [1.82, 2.24) is 10.3 Å². The maximum absolute atomic E-state index is 11.3. The molecule has 0 aliphatic rings. The third kappa shape index (κ3) is 2.32. The fourth-order valence-electron chi connectivity index (χ4n) is 0.989. The molecule has 1 rings (SSSR count). The molecule has 0 saturated carbocycles. The van der Waals surface area contributed by atoms with Gasteiger partial charge in [0.2, 0.25) is 0 Å².